The second kappa shape index (κ2) is 6.30. The molecule has 2 N–H and O–H groups in total. The normalized spacial score (nSPS) is 11.5. The van der Waals surface area contributed by atoms with E-state index in [1.54, 1.807) is 12.3 Å². The Morgan fingerprint density at radius 2 is 2.25 bits per heavy atom. The smallest absolute Gasteiger partial charge is 0.0170 e. The summed E-state index contributed by atoms with van der Waals surface area (Å²) in [6, 6.07) is 0. The van der Waals surface area contributed by atoms with E-state index in [2.05, 4.69) is 19.4 Å². The number of nitrogens with two attached hydrogens (primary N) is 1. The molecule has 0 bridgehead atoms. The summed E-state index contributed by atoms with van der Waals surface area (Å²) < 4.78 is 0. The van der Waals surface area contributed by atoms with Crippen LogP contribution in [-0.4, -0.2) is 0 Å². The summed E-state index contributed by atoms with van der Waals surface area (Å²) in [5.41, 5.74) is 7.16. The van der Waals surface area contributed by atoms with Crippen LogP contribution < -0.4 is 5.73 Å². The third-order valence-electron chi connectivity index (χ3n) is 1.44. The maximum Gasteiger partial charge on any atom is 0.0170 e. The lowest BCUT2D eigenvalue weighted by Gasteiger charge is -1.96. The molecule has 1 nitrogen and oxygen atoms in total. The third kappa shape index (κ3) is 4.40. The Bertz CT molecular complexity index is 238. The fraction of sp³-hybridized carbons (Fsp3) is 0.273. The van der Waals surface area contributed by atoms with Gasteiger partial charge in [-0.3, -0.25) is 0 Å². The van der Waals surface area contributed by atoms with Gasteiger partial charge in [0, 0.05) is 5.57 Å². The first-order chi connectivity index (χ1) is 5.74. The molecule has 0 aromatic heterocycles. The Labute approximate surface area is 74.7 Å². The van der Waals surface area contributed by atoms with Crippen LogP contribution in [0.1, 0.15) is 19.8 Å². The van der Waals surface area contributed by atoms with Crippen molar-refractivity contribution in [3.05, 3.63) is 36.1 Å². The van der Waals surface area contributed by atoms with Gasteiger partial charge in [-0.1, -0.05) is 31.9 Å². The molecule has 0 saturated heterocycles. The maximum absolute atomic E-state index is 5.39. The number of hydrogen-bond acceptors (Lipinski definition) is 1. The van der Waals surface area contributed by atoms with Crippen molar-refractivity contribution in [2.24, 2.45) is 5.73 Å². The lowest BCUT2D eigenvalue weighted by Crippen LogP contribution is -1.85. The molecule has 0 aromatic rings. The molecule has 0 radical (unpaired) electrons. The van der Waals surface area contributed by atoms with Crippen molar-refractivity contribution in [1.82, 2.24) is 0 Å². The molecule has 0 aliphatic carbocycles. The molecule has 0 saturated carbocycles. The molecule has 12 heavy (non-hydrogen) atoms. The van der Waals surface area contributed by atoms with Crippen LogP contribution in [0, 0.1) is 12.3 Å². The van der Waals surface area contributed by atoms with Gasteiger partial charge >= 0.3 is 0 Å². The highest BCUT2D eigenvalue weighted by atomic mass is 14.5. The molecule has 0 amide bonds. The van der Waals surface area contributed by atoms with E-state index in [-0.39, 0.29) is 0 Å². The van der Waals surface area contributed by atoms with Crippen LogP contribution in [0.5, 0.6) is 0 Å². The van der Waals surface area contributed by atoms with Gasteiger partial charge in [0.05, 0.1) is 0 Å². The van der Waals surface area contributed by atoms with Crippen LogP contribution in [0.15, 0.2) is 36.1 Å². The molecule has 0 aromatic carbocycles. The molecular weight excluding hydrogens is 146 g/mol. The number of hydrogen-bond donors (Lipinski definition) is 1. The molecule has 0 spiro atoms. The van der Waals surface area contributed by atoms with Crippen LogP contribution in [-0.2, 0) is 0 Å². The van der Waals surface area contributed by atoms with Crippen molar-refractivity contribution < 1.29 is 0 Å². The largest absolute Gasteiger partial charge is 0.404 e. The van der Waals surface area contributed by atoms with Crippen molar-refractivity contribution in [3.63, 3.8) is 0 Å². The zero-order valence-electron chi connectivity index (χ0n) is 7.51. The van der Waals surface area contributed by atoms with Gasteiger partial charge in [-0.05, 0) is 24.3 Å². The first-order valence-electron chi connectivity index (χ1n) is 3.99. The molecule has 0 aliphatic heterocycles. The van der Waals surface area contributed by atoms with Gasteiger partial charge in [-0.15, -0.1) is 6.42 Å². The van der Waals surface area contributed by atoms with E-state index in [9.17, 15) is 0 Å². The van der Waals surface area contributed by atoms with E-state index >= 15 is 0 Å². The molecule has 1 heteroatoms. The van der Waals surface area contributed by atoms with Gasteiger partial charge in [0.15, 0.2) is 0 Å². The molecule has 64 valence electrons. The zero-order chi connectivity index (χ0) is 9.40. The second-order valence-electron chi connectivity index (χ2n) is 2.49. The van der Waals surface area contributed by atoms with Crippen LogP contribution in [0.3, 0.4) is 0 Å². The zero-order valence-corrected chi connectivity index (χ0v) is 7.51. The number of allylic oxidation sites excluding steroid dienone is 4. The lowest BCUT2D eigenvalue weighted by atomic mass is 10.1. The van der Waals surface area contributed by atoms with E-state index in [4.69, 9.17) is 12.2 Å². The quantitative estimate of drug-likeness (QED) is 0.497. The van der Waals surface area contributed by atoms with Gasteiger partial charge in [0.2, 0.25) is 0 Å². The monoisotopic (exact) mass is 161 g/mol. The van der Waals surface area contributed by atoms with Gasteiger partial charge < -0.3 is 5.73 Å². The van der Waals surface area contributed by atoms with E-state index in [0.29, 0.717) is 5.57 Å². The summed E-state index contributed by atoms with van der Waals surface area (Å²) in [5, 5.41) is 0. The van der Waals surface area contributed by atoms with Gasteiger partial charge in [0.25, 0.3) is 0 Å². The average molecular weight is 161 g/mol. The summed E-state index contributed by atoms with van der Waals surface area (Å²) in [7, 11) is 0. The minimum Gasteiger partial charge on any atom is -0.404 e. The van der Waals surface area contributed by atoms with E-state index in [1.165, 1.54) is 0 Å². The third-order valence-corrected chi connectivity index (χ3v) is 1.44. The van der Waals surface area contributed by atoms with Crippen LogP contribution in [0.4, 0.5) is 0 Å². The highest BCUT2D eigenvalue weighted by Gasteiger charge is 1.88. The summed E-state index contributed by atoms with van der Waals surface area (Å²) in [6.45, 7) is 5.75. The van der Waals surface area contributed by atoms with E-state index in [0.717, 1.165) is 18.4 Å². The second-order valence-corrected chi connectivity index (χ2v) is 2.49. The minimum atomic E-state index is 0.672. The summed E-state index contributed by atoms with van der Waals surface area (Å²) in [4.78, 5) is 0. The van der Waals surface area contributed by atoms with Crippen LogP contribution in [0.25, 0.3) is 0 Å². The van der Waals surface area contributed by atoms with Crippen LogP contribution >= 0.6 is 0 Å². The SMILES string of the molecule is C#CC(=C)/C=C\C(=C/N)CCC. The predicted molar refractivity (Wildman–Crippen MR) is 54.3 cm³/mol. The lowest BCUT2D eigenvalue weighted by molar-refractivity contribution is 0.922. The molecule has 0 heterocycles. The first kappa shape index (κ1) is 10.6. The van der Waals surface area contributed by atoms with Gasteiger partial charge in [-0.2, -0.15) is 0 Å². The van der Waals surface area contributed by atoms with Crippen molar-refractivity contribution in [3.8, 4) is 12.3 Å². The molecular formula is C11H15N. The predicted octanol–water partition coefficient (Wildman–Crippen LogP) is 2.37. The summed E-state index contributed by atoms with van der Waals surface area (Å²) in [6.07, 6.45) is 12.5. The van der Waals surface area contributed by atoms with Gasteiger partial charge in [0.1, 0.15) is 0 Å². The van der Waals surface area contributed by atoms with Gasteiger partial charge in [-0.25, -0.2) is 0 Å². The van der Waals surface area contributed by atoms with E-state index < -0.39 is 0 Å². The Hall–Kier alpha value is -1.42. The Balaban J connectivity index is 4.14. The highest BCUT2D eigenvalue weighted by Crippen LogP contribution is 2.05. The fourth-order valence-corrected chi connectivity index (χ4v) is 0.767. The van der Waals surface area contributed by atoms with Crippen molar-refractivity contribution >= 4 is 0 Å². The molecule has 0 rings (SSSR count). The number of rotatable bonds is 4. The van der Waals surface area contributed by atoms with E-state index in [1.807, 2.05) is 6.08 Å². The van der Waals surface area contributed by atoms with Crippen molar-refractivity contribution in [1.29, 1.82) is 0 Å². The molecule has 0 atom stereocenters. The Morgan fingerprint density at radius 1 is 1.58 bits per heavy atom. The molecule has 0 aliphatic rings. The minimum absolute atomic E-state index is 0.672. The Kier molecular flexibility index (Phi) is 5.55. The number of terminal acetylenes is 1. The Morgan fingerprint density at radius 3 is 2.67 bits per heavy atom. The van der Waals surface area contributed by atoms with Crippen molar-refractivity contribution in [2.75, 3.05) is 0 Å². The standard InChI is InChI=1S/C11H15N/c1-4-6-11(9-12)8-7-10(3)5-2/h2,7-9H,3-4,6,12H2,1H3/b8-7-,11-9-. The fourth-order valence-electron chi connectivity index (χ4n) is 0.767. The maximum atomic E-state index is 5.39. The summed E-state index contributed by atoms with van der Waals surface area (Å²) >= 11 is 0. The molecule has 0 unspecified atom stereocenters. The first-order valence-corrected chi connectivity index (χ1v) is 3.99. The van der Waals surface area contributed by atoms with Crippen molar-refractivity contribution in [2.45, 2.75) is 19.8 Å². The molecule has 0 fully saturated rings. The van der Waals surface area contributed by atoms with Crippen LogP contribution in [0.2, 0.25) is 0 Å². The average Bonchev–Trinajstić information content (AvgIpc) is 2.11. The summed E-state index contributed by atoms with van der Waals surface area (Å²) in [5.74, 6) is 2.44. The highest BCUT2D eigenvalue weighted by molar-refractivity contribution is 5.36. The topological polar surface area (TPSA) is 26.0 Å².